The smallest absolute Gasteiger partial charge is 0.246 e. The molecule has 0 aliphatic carbocycles. The number of hydrogen-bond donors (Lipinski definition) is 0. The van der Waals surface area contributed by atoms with E-state index in [4.69, 9.17) is 4.42 Å². The molecule has 0 saturated heterocycles. The highest BCUT2D eigenvalue weighted by Gasteiger charge is 2.16. The van der Waals surface area contributed by atoms with Gasteiger partial charge in [-0.1, -0.05) is 13.5 Å². The molecule has 0 aromatic carbocycles. The van der Waals surface area contributed by atoms with Gasteiger partial charge in [0.05, 0.1) is 34.3 Å². The lowest BCUT2D eigenvalue weighted by atomic mass is 10.3. The minimum absolute atomic E-state index is 0.147. The van der Waals surface area contributed by atoms with Gasteiger partial charge in [0.15, 0.2) is 5.89 Å². The Bertz CT molecular complexity index is 608. The fourth-order valence-corrected chi connectivity index (χ4v) is 2.87. The first-order valence-electron chi connectivity index (χ1n) is 6.07. The Morgan fingerprint density at radius 1 is 1.60 bits per heavy atom. The standard InChI is InChI=1S/C13H14BrN3O2S/c1-3-12-16-9(8-19-12)6-17(13(18)4-2)7-11-10(14)5-15-20-11/h4-5,8H,2-3,6-7H2,1H3. The van der Waals surface area contributed by atoms with E-state index in [1.807, 2.05) is 6.92 Å². The molecule has 0 fully saturated rings. The van der Waals surface area contributed by atoms with Crippen LogP contribution in [-0.4, -0.2) is 20.2 Å². The lowest BCUT2D eigenvalue weighted by molar-refractivity contribution is -0.127. The molecule has 106 valence electrons. The molecule has 20 heavy (non-hydrogen) atoms. The number of oxazole rings is 1. The van der Waals surface area contributed by atoms with Crippen LogP contribution < -0.4 is 0 Å². The van der Waals surface area contributed by atoms with Crippen LogP contribution in [0.1, 0.15) is 23.4 Å². The summed E-state index contributed by atoms with van der Waals surface area (Å²) in [7, 11) is 0. The number of hydrogen-bond acceptors (Lipinski definition) is 5. The number of rotatable bonds is 6. The van der Waals surface area contributed by atoms with Crippen molar-refractivity contribution in [2.75, 3.05) is 0 Å². The summed E-state index contributed by atoms with van der Waals surface area (Å²) < 4.78 is 10.3. The lowest BCUT2D eigenvalue weighted by Crippen LogP contribution is -2.28. The Hall–Kier alpha value is -1.47. The number of aryl methyl sites for hydroxylation is 1. The van der Waals surface area contributed by atoms with Crippen molar-refractivity contribution >= 4 is 33.4 Å². The zero-order valence-corrected chi connectivity index (χ0v) is 13.4. The van der Waals surface area contributed by atoms with Crippen molar-refractivity contribution in [3.63, 3.8) is 0 Å². The summed E-state index contributed by atoms with van der Waals surface area (Å²) in [4.78, 5) is 18.9. The summed E-state index contributed by atoms with van der Waals surface area (Å²) in [5.41, 5.74) is 0.734. The van der Waals surface area contributed by atoms with Crippen LogP contribution in [0.15, 0.2) is 34.0 Å². The van der Waals surface area contributed by atoms with Gasteiger partial charge in [-0.2, -0.15) is 4.37 Å². The maximum atomic E-state index is 11.9. The van der Waals surface area contributed by atoms with E-state index < -0.39 is 0 Å². The van der Waals surface area contributed by atoms with E-state index in [1.54, 1.807) is 17.4 Å². The third kappa shape index (κ3) is 3.55. The number of nitrogens with zero attached hydrogens (tertiary/aromatic N) is 3. The second-order valence-corrected chi connectivity index (χ2v) is 5.82. The zero-order valence-electron chi connectivity index (χ0n) is 11.0. The Morgan fingerprint density at radius 2 is 2.40 bits per heavy atom. The summed E-state index contributed by atoms with van der Waals surface area (Å²) in [6.07, 6.45) is 5.34. The van der Waals surface area contributed by atoms with E-state index in [0.29, 0.717) is 19.0 Å². The van der Waals surface area contributed by atoms with Crippen LogP contribution in [0.3, 0.4) is 0 Å². The van der Waals surface area contributed by atoms with Gasteiger partial charge < -0.3 is 9.32 Å². The van der Waals surface area contributed by atoms with Gasteiger partial charge in [-0.3, -0.25) is 4.79 Å². The number of halogens is 1. The number of carbonyl (C=O) groups excluding carboxylic acids is 1. The van der Waals surface area contributed by atoms with Crippen molar-refractivity contribution in [1.29, 1.82) is 0 Å². The third-order valence-corrected chi connectivity index (χ3v) is 4.40. The van der Waals surface area contributed by atoms with Gasteiger partial charge >= 0.3 is 0 Å². The molecule has 0 spiro atoms. The molecule has 2 heterocycles. The quantitative estimate of drug-likeness (QED) is 0.746. The monoisotopic (exact) mass is 355 g/mol. The summed E-state index contributed by atoms with van der Waals surface area (Å²) >= 11 is 4.77. The molecule has 0 bridgehead atoms. The maximum absolute atomic E-state index is 11.9. The van der Waals surface area contributed by atoms with Gasteiger partial charge in [0.2, 0.25) is 5.91 Å². The Balaban J connectivity index is 2.13. The highest BCUT2D eigenvalue weighted by Crippen LogP contribution is 2.22. The summed E-state index contributed by atoms with van der Waals surface area (Å²) in [6.45, 7) is 6.36. The molecule has 0 saturated carbocycles. The predicted molar refractivity (Wildman–Crippen MR) is 80.1 cm³/mol. The van der Waals surface area contributed by atoms with Gasteiger partial charge in [0.25, 0.3) is 0 Å². The van der Waals surface area contributed by atoms with Crippen molar-refractivity contribution in [2.24, 2.45) is 0 Å². The number of aromatic nitrogens is 2. The highest BCUT2D eigenvalue weighted by molar-refractivity contribution is 9.10. The minimum Gasteiger partial charge on any atom is -0.449 e. The van der Waals surface area contributed by atoms with Crippen LogP contribution >= 0.6 is 27.5 Å². The molecular weight excluding hydrogens is 342 g/mol. The van der Waals surface area contributed by atoms with E-state index in [-0.39, 0.29) is 5.91 Å². The zero-order chi connectivity index (χ0) is 14.5. The van der Waals surface area contributed by atoms with Crippen LogP contribution in [0, 0.1) is 0 Å². The normalized spacial score (nSPS) is 10.5. The molecule has 0 radical (unpaired) electrons. The average Bonchev–Trinajstić information content (AvgIpc) is 3.07. The second-order valence-electron chi connectivity index (χ2n) is 4.08. The first-order chi connectivity index (χ1) is 9.63. The molecule has 5 nitrogen and oxygen atoms in total. The first-order valence-corrected chi connectivity index (χ1v) is 7.64. The van der Waals surface area contributed by atoms with Crippen LogP contribution in [0.5, 0.6) is 0 Å². The molecule has 0 unspecified atom stereocenters. The summed E-state index contributed by atoms with van der Waals surface area (Å²) in [5, 5.41) is 0. The topological polar surface area (TPSA) is 59.2 Å². The van der Waals surface area contributed by atoms with E-state index in [2.05, 4.69) is 31.9 Å². The maximum Gasteiger partial charge on any atom is 0.246 e. The molecule has 1 amide bonds. The molecule has 0 aliphatic heterocycles. The van der Waals surface area contributed by atoms with Crippen LogP contribution in [0.2, 0.25) is 0 Å². The molecular formula is C13H14BrN3O2S. The van der Waals surface area contributed by atoms with Crippen molar-refractivity contribution in [3.8, 4) is 0 Å². The van der Waals surface area contributed by atoms with Gasteiger partial charge in [-0.25, -0.2) is 4.98 Å². The third-order valence-electron chi connectivity index (χ3n) is 2.67. The fraction of sp³-hybridized carbons (Fsp3) is 0.308. The first kappa shape index (κ1) is 14.9. The Kier molecular flexibility index (Phi) is 5.08. The molecule has 2 aromatic heterocycles. The average molecular weight is 356 g/mol. The largest absolute Gasteiger partial charge is 0.449 e. The fourth-order valence-electron chi connectivity index (χ4n) is 1.65. The lowest BCUT2D eigenvalue weighted by Gasteiger charge is -2.19. The van der Waals surface area contributed by atoms with Crippen LogP contribution in [-0.2, 0) is 24.3 Å². The number of carbonyl (C=O) groups is 1. The van der Waals surface area contributed by atoms with Crippen molar-refractivity contribution in [1.82, 2.24) is 14.3 Å². The van der Waals surface area contributed by atoms with Crippen LogP contribution in [0.25, 0.3) is 0 Å². The molecule has 7 heteroatoms. The Labute approximate surface area is 129 Å². The van der Waals surface area contributed by atoms with Gasteiger partial charge in [-0.15, -0.1) is 0 Å². The van der Waals surface area contributed by atoms with Crippen molar-refractivity contribution in [3.05, 3.63) is 46.0 Å². The van der Waals surface area contributed by atoms with E-state index >= 15 is 0 Å². The van der Waals surface area contributed by atoms with E-state index in [0.717, 1.165) is 21.5 Å². The molecule has 0 aliphatic rings. The highest BCUT2D eigenvalue weighted by atomic mass is 79.9. The molecule has 2 aromatic rings. The minimum atomic E-state index is -0.147. The van der Waals surface area contributed by atoms with Gasteiger partial charge in [-0.05, 0) is 33.5 Å². The molecule has 0 atom stereocenters. The predicted octanol–water partition coefficient (Wildman–Crippen LogP) is 3.17. The van der Waals surface area contributed by atoms with Crippen LogP contribution in [0.4, 0.5) is 0 Å². The SMILES string of the molecule is C=CC(=O)N(Cc1coc(CC)n1)Cc1sncc1Br. The number of amides is 1. The van der Waals surface area contributed by atoms with E-state index in [9.17, 15) is 4.79 Å². The Morgan fingerprint density at radius 3 is 2.95 bits per heavy atom. The van der Waals surface area contributed by atoms with Crippen molar-refractivity contribution < 1.29 is 9.21 Å². The van der Waals surface area contributed by atoms with E-state index in [1.165, 1.54) is 17.6 Å². The molecule has 0 N–H and O–H groups in total. The molecule has 2 rings (SSSR count). The van der Waals surface area contributed by atoms with Crippen molar-refractivity contribution in [2.45, 2.75) is 26.4 Å². The van der Waals surface area contributed by atoms with Gasteiger partial charge in [0, 0.05) is 6.42 Å². The van der Waals surface area contributed by atoms with Gasteiger partial charge in [0.1, 0.15) is 6.26 Å². The summed E-state index contributed by atoms with van der Waals surface area (Å²) in [6, 6.07) is 0. The second kappa shape index (κ2) is 6.81. The summed E-state index contributed by atoms with van der Waals surface area (Å²) in [5.74, 6) is 0.524.